The molecule has 10 aromatic rings. The van der Waals surface area contributed by atoms with Gasteiger partial charge in [0.2, 0.25) is 0 Å². The number of likely N-dealkylation sites (tertiary alicyclic amines) is 6. The van der Waals surface area contributed by atoms with Crippen molar-refractivity contribution in [3.05, 3.63) is 203 Å². The minimum Gasteiger partial charge on any atom is -0.478 e. The summed E-state index contributed by atoms with van der Waals surface area (Å²) in [6.45, 7) is 34.5. The molecule has 23 heteroatoms. The van der Waals surface area contributed by atoms with Crippen LogP contribution >= 0.6 is 0 Å². The SMILES string of the molecule is C.C.C.C.CC(=O)c1ccc(C#C[Si](C)(C)C)c(N)c1.CC(=O)c1ccc(C#C[Si](C)(C)C)c(NC2CCN(C)CC2)c1.CC(=O)c1ccc2ccn(C3CCN(C)CC3)c2c1.CC(=O)c1ccc2ccn(C3CCN(C)CC3)c2c1.CC(=O)c1ccc2ccn(C3CCN(C)CC3)c2c1.CN.CN1CCC(=O)CC1.CN1CCC(n2ccc3ccc(C(=O)O)cc32)CC1. The van der Waals surface area contributed by atoms with Gasteiger partial charge in [-0.15, -0.1) is 11.1 Å². The van der Waals surface area contributed by atoms with E-state index in [9.17, 15) is 33.6 Å². The molecule has 16 rings (SSSR count). The van der Waals surface area contributed by atoms with Crippen LogP contribution in [0.1, 0.15) is 239 Å². The highest BCUT2D eigenvalue weighted by Gasteiger charge is 2.26. The van der Waals surface area contributed by atoms with Crippen molar-refractivity contribution in [1.29, 1.82) is 0 Å². The summed E-state index contributed by atoms with van der Waals surface area (Å²) in [6, 6.07) is 45.7. The van der Waals surface area contributed by atoms with Crippen LogP contribution in [-0.2, 0) is 4.79 Å². The van der Waals surface area contributed by atoms with Gasteiger partial charge in [0, 0.05) is 148 Å². The summed E-state index contributed by atoms with van der Waals surface area (Å²) in [6.07, 6.45) is 21.7. The number of carbonyl (C=O) groups is 7. The number of Topliss-reactive ketones (excluding diaryl/α,β-unsaturated/α-hetero) is 6. The maximum atomic E-state index is 11.7. The summed E-state index contributed by atoms with van der Waals surface area (Å²) < 4.78 is 9.31. The summed E-state index contributed by atoms with van der Waals surface area (Å²) in [7, 11) is 11.6. The van der Waals surface area contributed by atoms with E-state index in [1.54, 1.807) is 52.0 Å². The Morgan fingerprint density at radius 3 is 0.876 bits per heavy atom. The second kappa shape index (κ2) is 51.4. The zero-order valence-electron chi connectivity index (χ0n) is 77.8. The number of nitrogens with one attached hydrogen (secondary N) is 1. The number of nitrogen functional groups attached to an aromatic ring is 1. The number of rotatable bonds is 12. The summed E-state index contributed by atoms with van der Waals surface area (Å²) in [5, 5.41) is 17.5. The Kier molecular flexibility index (Phi) is 43.6. The van der Waals surface area contributed by atoms with Crippen molar-refractivity contribution < 1.29 is 38.7 Å². The second-order valence-corrected chi connectivity index (χ2v) is 46.3. The van der Waals surface area contributed by atoms with E-state index in [2.05, 4.69) is 223 Å². The van der Waals surface area contributed by atoms with Gasteiger partial charge in [-0.3, -0.25) is 28.8 Å². The number of hydrogen-bond acceptors (Lipinski definition) is 16. The fraction of sp³-hybridized carbons (Fsp3) is 0.481. The molecular formula is C106H155N13O8Si2. The fourth-order valence-corrected chi connectivity index (χ4v) is 17.4. The fourth-order valence-electron chi connectivity index (χ4n) is 16.4. The number of nitrogens with zero attached hydrogens (tertiary/aromatic N) is 10. The molecule has 0 atom stereocenters. The number of fused-ring (bicyclic) bond motifs is 4. The van der Waals surface area contributed by atoms with E-state index in [1.807, 2.05) is 73.8 Å². The number of anilines is 2. The van der Waals surface area contributed by atoms with Crippen LogP contribution in [0.3, 0.4) is 0 Å². The Hall–Kier alpha value is -10.2. The lowest BCUT2D eigenvalue weighted by Crippen LogP contribution is -2.36. The van der Waals surface area contributed by atoms with E-state index < -0.39 is 22.1 Å². The normalized spacial score (nSPS) is 16.4. The number of ketones is 6. The monoisotopic (exact) mass is 1790 g/mol. The Balaban J connectivity index is 0.000000267. The number of nitrogens with two attached hydrogens (primary N) is 2. The molecule has 0 radical (unpaired) electrons. The topological polar surface area (TPSA) is 243 Å². The first kappa shape index (κ1) is 109. The van der Waals surface area contributed by atoms with Gasteiger partial charge in [-0.2, -0.15) is 0 Å². The summed E-state index contributed by atoms with van der Waals surface area (Å²) in [4.78, 5) is 93.1. The van der Waals surface area contributed by atoms with Gasteiger partial charge in [0.05, 0.1) is 11.3 Å². The lowest BCUT2D eigenvalue weighted by molar-refractivity contribution is -0.121. The largest absolute Gasteiger partial charge is 0.478 e. The summed E-state index contributed by atoms with van der Waals surface area (Å²) >= 11 is 0. The van der Waals surface area contributed by atoms with Crippen LogP contribution in [0.2, 0.25) is 39.3 Å². The van der Waals surface area contributed by atoms with Crippen LogP contribution in [0, 0.1) is 22.9 Å². The highest BCUT2D eigenvalue weighted by molar-refractivity contribution is 6.84. The van der Waals surface area contributed by atoms with Gasteiger partial charge in [-0.1, -0.05) is 135 Å². The Labute approximate surface area is 774 Å². The van der Waals surface area contributed by atoms with E-state index in [-0.39, 0.29) is 58.6 Å². The van der Waals surface area contributed by atoms with Crippen molar-refractivity contribution in [3.63, 3.8) is 0 Å². The Morgan fingerprint density at radius 1 is 0.349 bits per heavy atom. The number of benzene rings is 6. The van der Waals surface area contributed by atoms with Gasteiger partial charge < -0.3 is 69.6 Å². The van der Waals surface area contributed by atoms with Gasteiger partial charge in [0.25, 0.3) is 0 Å². The molecule has 0 unspecified atom stereocenters. The van der Waals surface area contributed by atoms with Crippen LogP contribution in [-0.4, -0.2) is 244 Å². The molecule has 6 aliphatic rings. The molecule has 0 saturated carbocycles. The van der Waals surface area contributed by atoms with E-state index in [0.29, 0.717) is 52.8 Å². The van der Waals surface area contributed by atoms with E-state index in [1.165, 1.54) is 85.2 Å². The average molecular weight is 1800 g/mol. The zero-order chi connectivity index (χ0) is 91.0. The Bertz CT molecular complexity index is 5020. The molecule has 21 nitrogen and oxygen atoms in total. The standard InChI is InChI=1S/C19H28N2OSi.3C16H20N2O.C15H18N2O2.C13H17NOSi.C6H11NO.CH5N.4CH4/c1-15(22)17-7-6-16(10-13-23(3,4)5)19(14-17)20-18-8-11-21(2)12-9-18;3*1-12(19)14-4-3-13-5-10-18(16(13)11-14)15-6-8-17(2)9-7-15;1-16-7-5-13(6-8-16)17-9-4-11-2-3-12(15(18)19)10-14(11)17;1-10(15)12-6-5-11(13(14)9-12)7-8-16(2,3)4;1-7-4-2-6(8)3-5-7;1-2;;;;/h6-7,14,18,20H,8-9,11-12H2,1-5H3;3*3-5,10-11,15H,6-9H2,1-2H3;2-4,9-10,13H,5-8H2,1H3,(H,18,19);5-6,9H,14H2,1-4H3;2-5H2,1H3;2H2,1H3;4*1H4. The molecule has 4 aromatic heterocycles. The van der Waals surface area contributed by atoms with Crippen LogP contribution in [0.4, 0.5) is 11.4 Å². The van der Waals surface area contributed by atoms with E-state index in [0.717, 1.165) is 167 Å². The average Bonchev–Trinajstić information content (AvgIpc) is 1.67. The zero-order valence-corrected chi connectivity index (χ0v) is 79.8. The third-order valence-corrected chi connectivity index (χ3v) is 26.1. The predicted molar refractivity (Wildman–Crippen MR) is 548 cm³/mol. The van der Waals surface area contributed by atoms with E-state index in [4.69, 9.17) is 10.8 Å². The molecule has 700 valence electrons. The summed E-state index contributed by atoms with van der Waals surface area (Å²) in [5.41, 5.74) is 29.2. The van der Waals surface area contributed by atoms with Gasteiger partial charge in [-0.05, 0) is 314 Å². The van der Waals surface area contributed by atoms with Gasteiger partial charge in [0.15, 0.2) is 28.9 Å². The van der Waals surface area contributed by atoms with Crippen LogP contribution in [0.5, 0.6) is 0 Å². The number of hydrogen-bond donors (Lipinski definition) is 4. The molecule has 0 aliphatic carbocycles. The number of aromatic nitrogens is 4. The molecule has 0 spiro atoms. The predicted octanol–water partition coefficient (Wildman–Crippen LogP) is 20.7. The molecule has 6 saturated heterocycles. The molecular weight excluding hydrogens is 1640 g/mol. The highest BCUT2D eigenvalue weighted by atomic mass is 28.3. The number of piperidine rings is 6. The van der Waals surface area contributed by atoms with Crippen molar-refractivity contribution >= 4 is 112 Å². The maximum absolute atomic E-state index is 11.7. The maximum Gasteiger partial charge on any atom is 0.335 e. The van der Waals surface area contributed by atoms with Crippen LogP contribution < -0.4 is 16.8 Å². The lowest BCUT2D eigenvalue weighted by Gasteiger charge is -2.30. The molecule has 10 heterocycles. The quantitative estimate of drug-likeness (QED) is 0.0384. The molecule has 6 aliphatic heterocycles. The first-order chi connectivity index (χ1) is 59.4. The number of aromatic carboxylic acids is 1. The minimum atomic E-state index is -1.42. The molecule has 6 fully saturated rings. The molecule has 0 amide bonds. The number of carboxylic acids is 1. The third-order valence-electron chi connectivity index (χ3n) is 24.3. The molecule has 6 aromatic carbocycles. The molecule has 129 heavy (non-hydrogen) atoms. The highest BCUT2D eigenvalue weighted by Crippen LogP contribution is 2.34. The minimum absolute atomic E-state index is 0. The smallest absolute Gasteiger partial charge is 0.335 e. The molecule has 0 bridgehead atoms. The number of carbonyl (C=O) groups excluding carboxylic acids is 6. The Morgan fingerprint density at radius 2 is 0.597 bits per heavy atom. The van der Waals surface area contributed by atoms with Gasteiger partial charge >= 0.3 is 5.97 Å². The van der Waals surface area contributed by atoms with E-state index >= 15 is 0 Å². The third kappa shape index (κ3) is 32.7. The molecule has 6 N–H and O–H groups in total. The summed E-state index contributed by atoms with van der Waals surface area (Å²) in [5.74, 6) is 6.53. The van der Waals surface area contributed by atoms with Crippen molar-refractivity contribution in [2.45, 2.75) is 211 Å². The second-order valence-electron chi connectivity index (χ2n) is 36.8. The van der Waals surface area contributed by atoms with Crippen LogP contribution in [0.25, 0.3) is 43.6 Å². The lowest BCUT2D eigenvalue weighted by atomic mass is 10.0. The van der Waals surface area contributed by atoms with Gasteiger partial charge in [-0.25, -0.2) is 4.79 Å². The van der Waals surface area contributed by atoms with Gasteiger partial charge in [0.1, 0.15) is 21.9 Å². The van der Waals surface area contributed by atoms with Crippen LogP contribution in [0.15, 0.2) is 158 Å². The van der Waals surface area contributed by atoms with Crippen molar-refractivity contribution in [2.24, 2.45) is 5.73 Å². The first-order valence-corrected chi connectivity index (χ1v) is 51.7. The van der Waals surface area contributed by atoms with Crippen molar-refractivity contribution in [2.75, 3.05) is 139 Å². The number of carboxylic acid groups (broad SMARTS) is 1. The first-order valence-electron chi connectivity index (χ1n) is 44.7. The van der Waals surface area contributed by atoms with Crippen molar-refractivity contribution in [3.8, 4) is 22.9 Å². The van der Waals surface area contributed by atoms with Crippen molar-refractivity contribution in [1.82, 2.24) is 47.7 Å².